The molecule has 32 heavy (non-hydrogen) atoms. The highest BCUT2D eigenvalue weighted by atomic mass is 79.9. The molecule has 0 atom stereocenters. The number of benzene rings is 3. The van der Waals surface area contributed by atoms with Crippen LogP contribution in [0.3, 0.4) is 0 Å². The number of carbonyl (C=O) groups excluding carboxylic acids is 1. The first kappa shape index (κ1) is 24.5. The molecule has 0 fully saturated rings. The first-order chi connectivity index (χ1) is 15.1. The molecule has 0 bridgehead atoms. The van der Waals surface area contributed by atoms with E-state index in [1.165, 1.54) is 28.6 Å². The topological polar surface area (TPSA) is 66.5 Å². The molecule has 1 N–H and O–H groups in total. The molecule has 3 rings (SSSR count). The Hall–Kier alpha value is -2.19. The molecule has 0 saturated carbocycles. The van der Waals surface area contributed by atoms with Crippen LogP contribution in [0.4, 0.5) is 5.69 Å². The third kappa shape index (κ3) is 5.98. The van der Waals surface area contributed by atoms with Crippen LogP contribution in [0.1, 0.15) is 22.3 Å². The number of amides is 1. The Morgan fingerprint density at radius 3 is 2.09 bits per heavy atom. The van der Waals surface area contributed by atoms with E-state index in [4.69, 9.17) is 11.6 Å². The van der Waals surface area contributed by atoms with Gasteiger partial charge in [0.25, 0.3) is 0 Å². The van der Waals surface area contributed by atoms with Crippen molar-refractivity contribution in [2.45, 2.75) is 32.2 Å². The normalized spacial score (nSPS) is 11.6. The van der Waals surface area contributed by atoms with Gasteiger partial charge >= 0.3 is 0 Å². The summed E-state index contributed by atoms with van der Waals surface area (Å²) in [6, 6.07) is 17.3. The van der Waals surface area contributed by atoms with E-state index in [0.29, 0.717) is 10.7 Å². The number of sulfonamides is 1. The second kappa shape index (κ2) is 10.2. The Kier molecular flexibility index (Phi) is 7.77. The Morgan fingerprint density at radius 2 is 1.53 bits per heavy atom. The molecule has 1 amide bonds. The van der Waals surface area contributed by atoms with Gasteiger partial charge in [0.1, 0.15) is 0 Å². The van der Waals surface area contributed by atoms with Crippen LogP contribution in [0.2, 0.25) is 5.02 Å². The van der Waals surface area contributed by atoms with Crippen molar-refractivity contribution >= 4 is 49.1 Å². The van der Waals surface area contributed by atoms with Gasteiger partial charge in [0.05, 0.1) is 11.4 Å². The van der Waals surface area contributed by atoms with Gasteiger partial charge in [0.15, 0.2) is 0 Å². The van der Waals surface area contributed by atoms with Gasteiger partial charge in [0.2, 0.25) is 15.9 Å². The average Bonchev–Trinajstić information content (AvgIpc) is 2.72. The highest BCUT2D eigenvalue weighted by Gasteiger charge is 2.27. The number of hydrogen-bond acceptors (Lipinski definition) is 3. The lowest BCUT2D eigenvalue weighted by atomic mass is 10.1. The van der Waals surface area contributed by atoms with Crippen molar-refractivity contribution < 1.29 is 13.2 Å². The van der Waals surface area contributed by atoms with Gasteiger partial charge in [-0.3, -0.25) is 4.79 Å². The van der Waals surface area contributed by atoms with Crippen molar-refractivity contribution in [1.82, 2.24) is 4.31 Å². The van der Waals surface area contributed by atoms with Gasteiger partial charge in [-0.25, -0.2) is 8.42 Å². The van der Waals surface area contributed by atoms with E-state index < -0.39 is 15.9 Å². The Morgan fingerprint density at radius 1 is 0.969 bits per heavy atom. The molecule has 0 spiro atoms. The van der Waals surface area contributed by atoms with Crippen LogP contribution >= 0.6 is 27.5 Å². The van der Waals surface area contributed by atoms with E-state index >= 15 is 0 Å². The van der Waals surface area contributed by atoms with Crippen LogP contribution in [0.5, 0.6) is 0 Å². The zero-order chi connectivity index (χ0) is 23.5. The maximum absolute atomic E-state index is 13.4. The minimum atomic E-state index is -3.93. The lowest BCUT2D eigenvalue weighted by Gasteiger charge is -2.23. The summed E-state index contributed by atoms with van der Waals surface area (Å²) < 4.78 is 28.9. The summed E-state index contributed by atoms with van der Waals surface area (Å²) in [7, 11) is -3.93. The molecular weight excluding hydrogens is 512 g/mol. The van der Waals surface area contributed by atoms with Crippen molar-refractivity contribution in [1.29, 1.82) is 0 Å². The zero-order valence-corrected chi connectivity index (χ0v) is 21.2. The number of rotatable bonds is 7. The lowest BCUT2D eigenvalue weighted by molar-refractivity contribution is -0.116. The molecular formula is C24H24BrClN2O3S. The fourth-order valence-electron chi connectivity index (χ4n) is 3.33. The van der Waals surface area contributed by atoms with Crippen molar-refractivity contribution in [2.24, 2.45) is 0 Å². The van der Waals surface area contributed by atoms with Gasteiger partial charge in [-0.1, -0.05) is 57.4 Å². The maximum Gasteiger partial charge on any atom is 0.243 e. The second-order valence-corrected chi connectivity index (χ2v) is 11.0. The van der Waals surface area contributed by atoms with Crippen LogP contribution in [0.25, 0.3) is 0 Å². The van der Waals surface area contributed by atoms with E-state index in [1.54, 1.807) is 0 Å². The van der Waals surface area contributed by atoms with Crippen molar-refractivity contribution in [2.75, 3.05) is 11.9 Å². The molecule has 0 unspecified atom stereocenters. The van der Waals surface area contributed by atoms with Crippen molar-refractivity contribution in [3.05, 3.63) is 92.4 Å². The quantitative estimate of drug-likeness (QED) is 0.412. The molecule has 0 aliphatic heterocycles. The third-order valence-corrected chi connectivity index (χ3v) is 7.53. The number of hydrogen-bond donors (Lipinski definition) is 1. The number of anilines is 1. The van der Waals surface area contributed by atoms with Crippen LogP contribution in [-0.4, -0.2) is 25.2 Å². The van der Waals surface area contributed by atoms with E-state index in [2.05, 4.69) is 21.2 Å². The van der Waals surface area contributed by atoms with Crippen LogP contribution in [0, 0.1) is 20.8 Å². The number of nitrogens with zero attached hydrogens (tertiary/aromatic N) is 1. The van der Waals surface area contributed by atoms with Gasteiger partial charge in [-0.05, 0) is 73.9 Å². The Labute approximate surface area is 202 Å². The minimum absolute atomic E-state index is 0.0664. The molecule has 0 saturated heterocycles. The average molecular weight is 536 g/mol. The highest BCUT2D eigenvalue weighted by Crippen LogP contribution is 2.26. The van der Waals surface area contributed by atoms with Gasteiger partial charge in [0, 0.05) is 21.7 Å². The minimum Gasteiger partial charge on any atom is -0.324 e. The van der Waals surface area contributed by atoms with Crippen LogP contribution in [-0.2, 0) is 21.4 Å². The summed E-state index contributed by atoms with van der Waals surface area (Å²) in [5.41, 5.74) is 4.31. The molecule has 0 radical (unpaired) electrons. The Bertz CT molecular complexity index is 1200. The lowest BCUT2D eigenvalue weighted by Crippen LogP contribution is -2.37. The van der Waals surface area contributed by atoms with Gasteiger partial charge in [-0.15, -0.1) is 0 Å². The third-order valence-electron chi connectivity index (χ3n) is 5.01. The van der Waals surface area contributed by atoms with E-state index in [0.717, 1.165) is 26.7 Å². The SMILES string of the molecule is Cc1ccc(CN(CC(=O)Nc2c(C)cc(Br)cc2C)S(=O)(=O)c2ccc(Cl)cc2)cc1. The smallest absolute Gasteiger partial charge is 0.243 e. The van der Waals surface area contributed by atoms with Crippen LogP contribution in [0.15, 0.2) is 70.0 Å². The summed E-state index contributed by atoms with van der Waals surface area (Å²) in [4.78, 5) is 13.0. The number of halogens is 2. The number of nitrogens with one attached hydrogen (secondary N) is 1. The molecule has 0 heterocycles. The summed E-state index contributed by atoms with van der Waals surface area (Å²) >= 11 is 9.37. The van der Waals surface area contributed by atoms with Crippen LogP contribution < -0.4 is 5.32 Å². The summed E-state index contributed by atoms with van der Waals surface area (Å²) in [5, 5.41) is 3.31. The summed E-state index contributed by atoms with van der Waals surface area (Å²) in [6.45, 7) is 5.48. The predicted octanol–water partition coefficient (Wildman–Crippen LogP) is 5.86. The monoisotopic (exact) mass is 534 g/mol. The standard InChI is InChI=1S/C24H24BrClN2O3S/c1-16-4-6-19(7-5-16)14-28(32(30,31)22-10-8-21(26)9-11-22)15-23(29)27-24-17(2)12-20(25)13-18(24)3/h4-13H,14-15H2,1-3H3,(H,27,29). The molecule has 168 valence electrons. The second-order valence-electron chi connectivity index (χ2n) is 7.68. The number of aryl methyl sites for hydroxylation is 3. The maximum atomic E-state index is 13.4. The summed E-state index contributed by atoms with van der Waals surface area (Å²) in [6.07, 6.45) is 0. The molecule has 0 aromatic heterocycles. The van der Waals surface area contributed by atoms with Crippen molar-refractivity contribution in [3.63, 3.8) is 0 Å². The predicted molar refractivity (Wildman–Crippen MR) is 132 cm³/mol. The van der Waals surface area contributed by atoms with Crippen molar-refractivity contribution in [3.8, 4) is 0 Å². The number of carbonyl (C=O) groups is 1. The van der Waals surface area contributed by atoms with E-state index in [-0.39, 0.29) is 18.0 Å². The first-order valence-corrected chi connectivity index (χ1v) is 12.6. The Balaban J connectivity index is 1.90. The fraction of sp³-hybridized carbons (Fsp3) is 0.208. The van der Waals surface area contributed by atoms with E-state index in [9.17, 15) is 13.2 Å². The fourth-order valence-corrected chi connectivity index (χ4v) is 5.52. The molecule has 5 nitrogen and oxygen atoms in total. The van der Waals surface area contributed by atoms with E-state index in [1.807, 2.05) is 57.2 Å². The molecule has 3 aromatic carbocycles. The molecule has 3 aromatic rings. The summed E-state index contributed by atoms with van der Waals surface area (Å²) in [5.74, 6) is -0.414. The van der Waals surface area contributed by atoms with Gasteiger partial charge in [-0.2, -0.15) is 4.31 Å². The zero-order valence-electron chi connectivity index (χ0n) is 18.0. The largest absolute Gasteiger partial charge is 0.324 e. The molecule has 8 heteroatoms. The highest BCUT2D eigenvalue weighted by molar-refractivity contribution is 9.10. The first-order valence-electron chi connectivity index (χ1n) is 9.94. The molecule has 0 aliphatic carbocycles. The molecule has 0 aliphatic rings. The van der Waals surface area contributed by atoms with Gasteiger partial charge < -0.3 is 5.32 Å².